The number of benzene rings is 3. The summed E-state index contributed by atoms with van der Waals surface area (Å²) in [6.45, 7) is 8.49. The highest BCUT2D eigenvalue weighted by Gasteiger charge is 2.23. The molecule has 0 aliphatic carbocycles. The fraction of sp³-hybridized carbons (Fsp3) is 0.345. The molecule has 0 spiro atoms. The molecule has 0 N–H and O–H groups in total. The number of ether oxygens (including phenoxy) is 1. The Bertz CT molecular complexity index is 1050. The molecular weight excluding hydrogens is 449 g/mol. The molecular formula is C29H33ClFNO2. The Hall–Kier alpha value is -2.85. The van der Waals surface area contributed by atoms with Crippen LogP contribution >= 0.6 is 11.6 Å². The normalized spacial score (nSPS) is 12.9. The average molecular weight is 482 g/mol. The van der Waals surface area contributed by atoms with E-state index >= 15 is 0 Å². The van der Waals surface area contributed by atoms with Crippen LogP contribution in [0.15, 0.2) is 72.8 Å². The monoisotopic (exact) mass is 481 g/mol. The van der Waals surface area contributed by atoms with E-state index in [-0.39, 0.29) is 29.8 Å². The second kappa shape index (κ2) is 12.0. The highest BCUT2D eigenvalue weighted by Crippen LogP contribution is 2.32. The molecule has 34 heavy (non-hydrogen) atoms. The summed E-state index contributed by atoms with van der Waals surface area (Å²) in [5.41, 5.74) is 3.16. The maximum atomic E-state index is 13.6. The third-order valence-electron chi connectivity index (χ3n) is 6.03. The molecule has 3 aromatic carbocycles. The van der Waals surface area contributed by atoms with Gasteiger partial charge in [0.05, 0.1) is 12.1 Å². The molecule has 0 fully saturated rings. The average Bonchev–Trinajstić information content (AvgIpc) is 2.83. The second-order valence-corrected chi connectivity index (χ2v) is 9.23. The predicted molar refractivity (Wildman–Crippen MR) is 137 cm³/mol. The van der Waals surface area contributed by atoms with Crippen molar-refractivity contribution in [1.29, 1.82) is 0 Å². The van der Waals surface area contributed by atoms with Gasteiger partial charge in [0, 0.05) is 23.9 Å². The smallest absolute Gasteiger partial charge is 0.222 e. The number of amides is 1. The Morgan fingerprint density at radius 3 is 1.94 bits per heavy atom. The van der Waals surface area contributed by atoms with Gasteiger partial charge in [0.2, 0.25) is 5.91 Å². The Morgan fingerprint density at radius 1 is 0.882 bits per heavy atom. The van der Waals surface area contributed by atoms with Crippen molar-refractivity contribution < 1.29 is 13.9 Å². The summed E-state index contributed by atoms with van der Waals surface area (Å²) < 4.78 is 19.4. The largest absolute Gasteiger partial charge is 0.491 e. The van der Waals surface area contributed by atoms with Crippen LogP contribution in [0.25, 0.3) is 0 Å². The van der Waals surface area contributed by atoms with Crippen molar-refractivity contribution in [2.45, 2.75) is 58.6 Å². The van der Waals surface area contributed by atoms with E-state index in [1.807, 2.05) is 81.1 Å². The summed E-state index contributed by atoms with van der Waals surface area (Å²) in [6.07, 6.45) is 1.24. The van der Waals surface area contributed by atoms with Crippen molar-refractivity contribution in [2.75, 3.05) is 6.54 Å². The number of carbonyl (C=O) groups is 1. The second-order valence-electron chi connectivity index (χ2n) is 8.80. The fourth-order valence-corrected chi connectivity index (χ4v) is 4.32. The van der Waals surface area contributed by atoms with Gasteiger partial charge in [-0.3, -0.25) is 4.79 Å². The minimum atomic E-state index is -0.262. The summed E-state index contributed by atoms with van der Waals surface area (Å²) in [6, 6.07) is 22.2. The predicted octanol–water partition coefficient (Wildman–Crippen LogP) is 7.79. The van der Waals surface area contributed by atoms with Crippen LogP contribution in [0.3, 0.4) is 0 Å². The number of carbonyl (C=O) groups excluding carboxylic acids is 1. The molecule has 3 nitrogen and oxygen atoms in total. The van der Waals surface area contributed by atoms with Crippen molar-refractivity contribution in [2.24, 2.45) is 0 Å². The molecule has 0 saturated heterocycles. The molecule has 0 radical (unpaired) electrons. The van der Waals surface area contributed by atoms with Crippen LogP contribution < -0.4 is 4.74 Å². The quantitative estimate of drug-likeness (QED) is 0.295. The number of hydrogen-bond acceptors (Lipinski definition) is 2. The Labute approximate surface area is 207 Å². The van der Waals surface area contributed by atoms with Crippen molar-refractivity contribution in [1.82, 2.24) is 4.90 Å². The van der Waals surface area contributed by atoms with Crippen LogP contribution in [-0.2, 0) is 4.79 Å². The third-order valence-corrected chi connectivity index (χ3v) is 6.28. The highest BCUT2D eigenvalue weighted by atomic mass is 35.5. The first-order valence-corrected chi connectivity index (χ1v) is 12.2. The van der Waals surface area contributed by atoms with E-state index in [1.165, 1.54) is 12.1 Å². The van der Waals surface area contributed by atoms with Gasteiger partial charge in [0.1, 0.15) is 11.6 Å². The Morgan fingerprint density at radius 2 is 1.41 bits per heavy atom. The Balaban J connectivity index is 1.87. The molecule has 0 aliphatic heterocycles. The zero-order valence-electron chi connectivity index (χ0n) is 20.3. The summed E-state index contributed by atoms with van der Waals surface area (Å²) in [4.78, 5) is 14.8. The van der Waals surface area contributed by atoms with Gasteiger partial charge in [0.15, 0.2) is 0 Å². The lowest BCUT2D eigenvalue weighted by Crippen LogP contribution is -2.34. The third kappa shape index (κ3) is 6.83. The van der Waals surface area contributed by atoms with Crippen LogP contribution in [0.4, 0.5) is 4.39 Å². The van der Waals surface area contributed by atoms with Crippen molar-refractivity contribution in [3.05, 3.63) is 100 Å². The molecule has 0 aromatic heterocycles. The van der Waals surface area contributed by atoms with E-state index < -0.39 is 0 Å². The van der Waals surface area contributed by atoms with Gasteiger partial charge >= 0.3 is 0 Å². The molecule has 0 aliphatic rings. The fourth-order valence-electron chi connectivity index (χ4n) is 4.20. The van der Waals surface area contributed by atoms with Crippen molar-refractivity contribution in [3.63, 3.8) is 0 Å². The lowest BCUT2D eigenvalue weighted by atomic mass is 9.88. The standard InChI is InChI=1S/C29H33ClFNO2/c1-5-29(33)32(21(4)22-6-12-25(30)13-7-22)19-18-28(23-8-14-26(31)15-9-23)24-10-16-27(17-11-24)34-20(2)3/h6-17,20-21,28H,5,18-19H2,1-4H3/t21-,28-/m1/s1. The molecule has 0 saturated carbocycles. The summed E-state index contributed by atoms with van der Waals surface area (Å²) >= 11 is 6.06. The SMILES string of the molecule is CCC(=O)N(CC[C@H](c1ccc(F)cc1)c1ccc(OC(C)C)cc1)[C@H](C)c1ccc(Cl)cc1. The van der Waals surface area contributed by atoms with Gasteiger partial charge in [0.25, 0.3) is 0 Å². The van der Waals surface area contributed by atoms with E-state index in [0.717, 1.165) is 22.4 Å². The summed E-state index contributed by atoms with van der Waals surface area (Å²) in [5, 5.41) is 0.672. The summed E-state index contributed by atoms with van der Waals surface area (Å²) in [7, 11) is 0. The molecule has 3 rings (SSSR count). The molecule has 180 valence electrons. The van der Waals surface area contributed by atoms with E-state index in [1.54, 1.807) is 0 Å². The first-order chi connectivity index (χ1) is 16.3. The van der Waals surface area contributed by atoms with E-state index in [0.29, 0.717) is 24.4 Å². The minimum absolute atomic E-state index is 0.0123. The maximum Gasteiger partial charge on any atom is 0.222 e. The molecule has 0 bridgehead atoms. The van der Waals surface area contributed by atoms with Gasteiger partial charge in [-0.25, -0.2) is 4.39 Å². The first kappa shape index (κ1) is 25.8. The molecule has 0 heterocycles. The van der Waals surface area contributed by atoms with E-state index in [4.69, 9.17) is 16.3 Å². The molecule has 0 unspecified atom stereocenters. The van der Waals surface area contributed by atoms with Crippen molar-refractivity contribution in [3.8, 4) is 5.75 Å². The summed E-state index contributed by atoms with van der Waals surface area (Å²) in [5.74, 6) is 0.664. The lowest BCUT2D eigenvalue weighted by molar-refractivity contribution is -0.133. The van der Waals surface area contributed by atoms with E-state index in [2.05, 4.69) is 12.1 Å². The van der Waals surface area contributed by atoms with Crippen LogP contribution in [0.1, 0.15) is 69.2 Å². The van der Waals surface area contributed by atoms with Crippen LogP contribution in [0, 0.1) is 5.82 Å². The van der Waals surface area contributed by atoms with Crippen LogP contribution in [0.2, 0.25) is 5.02 Å². The van der Waals surface area contributed by atoms with Gasteiger partial charge in [-0.1, -0.05) is 54.9 Å². The topological polar surface area (TPSA) is 29.5 Å². The van der Waals surface area contributed by atoms with Gasteiger partial charge in [-0.2, -0.15) is 0 Å². The minimum Gasteiger partial charge on any atom is -0.491 e. The van der Waals surface area contributed by atoms with E-state index in [9.17, 15) is 9.18 Å². The van der Waals surface area contributed by atoms with Crippen LogP contribution in [0.5, 0.6) is 5.75 Å². The molecule has 2 atom stereocenters. The first-order valence-electron chi connectivity index (χ1n) is 11.9. The number of nitrogens with zero attached hydrogens (tertiary/aromatic N) is 1. The number of hydrogen-bond donors (Lipinski definition) is 0. The van der Waals surface area contributed by atoms with Crippen LogP contribution in [-0.4, -0.2) is 23.5 Å². The molecule has 1 amide bonds. The van der Waals surface area contributed by atoms with Gasteiger partial charge in [-0.05, 0) is 80.3 Å². The Kier molecular flexibility index (Phi) is 9.12. The highest BCUT2D eigenvalue weighted by molar-refractivity contribution is 6.30. The number of rotatable bonds is 10. The zero-order chi connectivity index (χ0) is 24.7. The lowest BCUT2D eigenvalue weighted by Gasteiger charge is -2.31. The molecule has 5 heteroatoms. The molecule has 3 aromatic rings. The van der Waals surface area contributed by atoms with Gasteiger partial charge < -0.3 is 9.64 Å². The van der Waals surface area contributed by atoms with Gasteiger partial charge in [-0.15, -0.1) is 0 Å². The maximum absolute atomic E-state index is 13.6. The zero-order valence-corrected chi connectivity index (χ0v) is 21.1. The van der Waals surface area contributed by atoms with Crippen molar-refractivity contribution >= 4 is 17.5 Å². The number of halogens is 2.